The number of nitro groups is 1. The Morgan fingerprint density at radius 1 is 1.62 bits per heavy atom. The molecule has 0 radical (unpaired) electrons. The molecule has 0 bridgehead atoms. The summed E-state index contributed by atoms with van der Waals surface area (Å²) in [5, 5.41) is 19.5. The normalized spacial score (nSPS) is 10.1. The number of aliphatic hydroxyl groups excluding tert-OH is 1. The molecule has 0 heterocycles. The van der Waals surface area contributed by atoms with Crippen molar-refractivity contribution >= 4 is 21.6 Å². The summed E-state index contributed by atoms with van der Waals surface area (Å²) < 4.78 is 0.361. The highest BCUT2D eigenvalue weighted by molar-refractivity contribution is 9.10. The molecule has 1 aromatic carbocycles. The van der Waals surface area contributed by atoms with Gasteiger partial charge in [-0.05, 0) is 28.4 Å². The molecule has 1 N–H and O–H groups in total. The third-order valence-electron chi connectivity index (χ3n) is 1.75. The highest BCUT2D eigenvalue weighted by atomic mass is 79.9. The topological polar surface area (TPSA) is 63.4 Å². The van der Waals surface area contributed by atoms with Crippen LogP contribution in [-0.4, -0.2) is 10.0 Å². The molecule has 5 heteroatoms. The summed E-state index contributed by atoms with van der Waals surface area (Å²) in [6.07, 6.45) is 0. The van der Waals surface area contributed by atoms with Crippen LogP contribution in [0.3, 0.4) is 0 Å². The van der Waals surface area contributed by atoms with Crippen LogP contribution < -0.4 is 0 Å². The van der Waals surface area contributed by atoms with Crippen LogP contribution in [0.4, 0.5) is 5.69 Å². The minimum absolute atomic E-state index is 0.0200. The van der Waals surface area contributed by atoms with Gasteiger partial charge in [-0.2, -0.15) is 0 Å². The van der Waals surface area contributed by atoms with Gasteiger partial charge in [0.15, 0.2) is 0 Å². The molecule has 0 saturated heterocycles. The molecule has 70 valence electrons. The Morgan fingerprint density at radius 3 is 2.69 bits per heavy atom. The quantitative estimate of drug-likeness (QED) is 0.642. The second-order valence-electron chi connectivity index (χ2n) is 2.62. The van der Waals surface area contributed by atoms with Crippen molar-refractivity contribution in [3.63, 3.8) is 0 Å². The zero-order valence-electron chi connectivity index (χ0n) is 6.95. The van der Waals surface area contributed by atoms with E-state index in [1.165, 1.54) is 0 Å². The van der Waals surface area contributed by atoms with E-state index in [4.69, 9.17) is 5.11 Å². The minimum atomic E-state index is -0.460. The Bertz CT molecular complexity index is 351. The maximum absolute atomic E-state index is 10.6. The molecule has 0 fully saturated rings. The van der Waals surface area contributed by atoms with Gasteiger partial charge in [0.2, 0.25) is 0 Å². The van der Waals surface area contributed by atoms with E-state index in [1.807, 2.05) is 0 Å². The molecule has 0 saturated carbocycles. The first-order valence-corrected chi connectivity index (χ1v) is 4.40. The van der Waals surface area contributed by atoms with E-state index in [9.17, 15) is 10.1 Å². The fraction of sp³-hybridized carbons (Fsp3) is 0.250. The number of aryl methyl sites for hydroxylation is 1. The molecule has 0 atom stereocenters. The smallest absolute Gasteiger partial charge is 0.286 e. The fourth-order valence-electron chi connectivity index (χ4n) is 1.05. The average Bonchev–Trinajstić information content (AvgIpc) is 2.04. The van der Waals surface area contributed by atoms with E-state index in [1.54, 1.807) is 19.1 Å². The summed E-state index contributed by atoms with van der Waals surface area (Å²) in [5.74, 6) is 0. The van der Waals surface area contributed by atoms with Crippen LogP contribution in [-0.2, 0) is 6.61 Å². The number of nitrogens with zero attached hydrogens (tertiary/aromatic N) is 1. The van der Waals surface area contributed by atoms with E-state index in [0.717, 1.165) is 0 Å². The third kappa shape index (κ3) is 1.87. The second kappa shape index (κ2) is 3.85. The lowest BCUT2D eigenvalue weighted by Gasteiger charge is -2.03. The number of nitro benzene ring substituents is 1. The zero-order valence-corrected chi connectivity index (χ0v) is 8.54. The Morgan fingerprint density at radius 2 is 2.23 bits per heavy atom. The molecule has 1 aromatic rings. The Labute approximate surface area is 83.5 Å². The Balaban J connectivity index is 3.38. The van der Waals surface area contributed by atoms with Crippen LogP contribution in [0, 0.1) is 17.0 Å². The van der Waals surface area contributed by atoms with Crippen molar-refractivity contribution in [3.8, 4) is 0 Å². The van der Waals surface area contributed by atoms with Crippen molar-refractivity contribution in [1.82, 2.24) is 0 Å². The fourth-order valence-corrected chi connectivity index (χ4v) is 1.76. The zero-order chi connectivity index (χ0) is 10.0. The van der Waals surface area contributed by atoms with E-state index in [-0.39, 0.29) is 12.3 Å². The molecule has 0 spiro atoms. The second-order valence-corrected chi connectivity index (χ2v) is 3.41. The predicted octanol–water partition coefficient (Wildman–Crippen LogP) is 2.16. The Kier molecular flexibility index (Phi) is 3.00. The van der Waals surface area contributed by atoms with Crippen molar-refractivity contribution in [3.05, 3.63) is 37.8 Å². The van der Waals surface area contributed by atoms with Gasteiger partial charge in [0.05, 0.1) is 11.5 Å². The summed E-state index contributed by atoms with van der Waals surface area (Å²) >= 11 is 3.09. The minimum Gasteiger partial charge on any atom is -0.392 e. The lowest BCUT2D eigenvalue weighted by atomic mass is 10.1. The van der Waals surface area contributed by atoms with E-state index in [0.29, 0.717) is 15.6 Å². The predicted molar refractivity (Wildman–Crippen MR) is 51.5 cm³/mol. The molecule has 0 aliphatic heterocycles. The number of hydrogen-bond donors (Lipinski definition) is 1. The first-order chi connectivity index (χ1) is 6.07. The highest BCUT2D eigenvalue weighted by Crippen LogP contribution is 2.31. The first-order valence-electron chi connectivity index (χ1n) is 3.61. The van der Waals surface area contributed by atoms with E-state index >= 15 is 0 Å². The Hall–Kier alpha value is -0.940. The number of aliphatic hydroxyl groups is 1. The summed E-state index contributed by atoms with van der Waals surface area (Å²) in [6, 6.07) is 3.28. The van der Waals surface area contributed by atoms with Gasteiger partial charge in [0, 0.05) is 5.56 Å². The molecule has 0 aliphatic carbocycles. The molecule has 4 nitrogen and oxygen atoms in total. The number of hydrogen-bond acceptors (Lipinski definition) is 3. The van der Waals surface area contributed by atoms with E-state index in [2.05, 4.69) is 15.9 Å². The monoisotopic (exact) mass is 245 g/mol. The van der Waals surface area contributed by atoms with Crippen LogP contribution in [0.2, 0.25) is 0 Å². The molecule has 0 aromatic heterocycles. The van der Waals surface area contributed by atoms with Crippen LogP contribution in [0.15, 0.2) is 16.6 Å². The van der Waals surface area contributed by atoms with Crippen molar-refractivity contribution in [1.29, 1.82) is 0 Å². The van der Waals surface area contributed by atoms with Gasteiger partial charge in [-0.25, -0.2) is 0 Å². The lowest BCUT2D eigenvalue weighted by Crippen LogP contribution is -1.96. The molecule has 0 aliphatic rings. The van der Waals surface area contributed by atoms with Crippen molar-refractivity contribution in [2.75, 3.05) is 0 Å². The molecular weight excluding hydrogens is 238 g/mol. The summed E-state index contributed by atoms with van der Waals surface area (Å²) in [7, 11) is 0. The van der Waals surface area contributed by atoms with Crippen LogP contribution in [0.5, 0.6) is 0 Å². The van der Waals surface area contributed by atoms with Gasteiger partial charge >= 0.3 is 0 Å². The van der Waals surface area contributed by atoms with Gasteiger partial charge in [-0.15, -0.1) is 0 Å². The van der Waals surface area contributed by atoms with Crippen LogP contribution in [0.25, 0.3) is 0 Å². The standard InChI is InChI=1S/C8H8BrNO3/c1-5-2-3-6(4-11)7(9)8(5)10(12)13/h2-3,11H,4H2,1H3. The third-order valence-corrected chi connectivity index (χ3v) is 2.64. The SMILES string of the molecule is Cc1ccc(CO)c(Br)c1[N+](=O)[O-]. The molecular formula is C8H8BrNO3. The van der Waals surface area contributed by atoms with Crippen molar-refractivity contribution in [2.45, 2.75) is 13.5 Å². The highest BCUT2D eigenvalue weighted by Gasteiger charge is 2.17. The molecule has 0 amide bonds. The van der Waals surface area contributed by atoms with Crippen molar-refractivity contribution in [2.24, 2.45) is 0 Å². The van der Waals surface area contributed by atoms with Crippen LogP contribution >= 0.6 is 15.9 Å². The number of benzene rings is 1. The van der Waals surface area contributed by atoms with Gasteiger partial charge in [-0.1, -0.05) is 12.1 Å². The summed E-state index contributed by atoms with van der Waals surface area (Å²) in [4.78, 5) is 10.1. The average molecular weight is 246 g/mol. The molecule has 1 rings (SSSR count). The largest absolute Gasteiger partial charge is 0.392 e. The maximum Gasteiger partial charge on any atom is 0.286 e. The molecule has 0 unspecified atom stereocenters. The molecule has 13 heavy (non-hydrogen) atoms. The summed E-state index contributed by atoms with van der Waals surface area (Å²) in [5.41, 5.74) is 1.12. The van der Waals surface area contributed by atoms with Gasteiger partial charge < -0.3 is 5.11 Å². The number of halogens is 1. The number of rotatable bonds is 2. The first kappa shape index (κ1) is 10.1. The van der Waals surface area contributed by atoms with Gasteiger partial charge in [0.1, 0.15) is 4.47 Å². The van der Waals surface area contributed by atoms with Crippen LogP contribution in [0.1, 0.15) is 11.1 Å². The maximum atomic E-state index is 10.6. The van der Waals surface area contributed by atoms with E-state index < -0.39 is 4.92 Å². The van der Waals surface area contributed by atoms with Crippen molar-refractivity contribution < 1.29 is 10.0 Å². The van der Waals surface area contributed by atoms with Gasteiger partial charge in [-0.3, -0.25) is 10.1 Å². The van der Waals surface area contributed by atoms with Gasteiger partial charge in [0.25, 0.3) is 5.69 Å². The summed E-state index contributed by atoms with van der Waals surface area (Å²) in [6.45, 7) is 1.45. The lowest BCUT2D eigenvalue weighted by molar-refractivity contribution is -0.386.